The number of rotatable bonds is 7. The third-order valence-corrected chi connectivity index (χ3v) is 4.41. The van der Waals surface area contributed by atoms with E-state index in [0.717, 1.165) is 39.3 Å². The first-order valence-corrected chi connectivity index (χ1v) is 7.78. The summed E-state index contributed by atoms with van der Waals surface area (Å²) in [6, 6.07) is 0.536. The number of aliphatic hydroxyl groups is 1. The lowest BCUT2D eigenvalue weighted by Crippen LogP contribution is -2.47. The molecule has 0 aromatic heterocycles. The van der Waals surface area contributed by atoms with E-state index in [1.807, 2.05) is 0 Å². The Labute approximate surface area is 119 Å². The summed E-state index contributed by atoms with van der Waals surface area (Å²) in [6.07, 6.45) is 1.21. The van der Waals surface area contributed by atoms with Gasteiger partial charge in [0.1, 0.15) is 0 Å². The Morgan fingerprint density at radius 1 is 1.16 bits per heavy atom. The van der Waals surface area contributed by atoms with E-state index < -0.39 is 0 Å². The fraction of sp³-hybridized carbons (Fsp3) is 1.00. The number of aliphatic hydroxyl groups excluding tert-OH is 1. The van der Waals surface area contributed by atoms with Crippen molar-refractivity contribution in [3.05, 3.63) is 0 Å². The van der Waals surface area contributed by atoms with Gasteiger partial charge in [-0.05, 0) is 38.4 Å². The highest BCUT2D eigenvalue weighted by atomic mass is 16.3. The van der Waals surface area contributed by atoms with Crippen LogP contribution in [-0.4, -0.2) is 73.4 Å². The molecule has 0 saturated carbocycles. The number of hydrogen-bond donors (Lipinski definition) is 2. The van der Waals surface area contributed by atoms with Gasteiger partial charge in [0.05, 0.1) is 6.61 Å². The van der Waals surface area contributed by atoms with Crippen LogP contribution in [0.3, 0.4) is 0 Å². The van der Waals surface area contributed by atoms with Crippen molar-refractivity contribution in [1.29, 1.82) is 0 Å². The minimum absolute atomic E-state index is 0.281. The van der Waals surface area contributed by atoms with Gasteiger partial charge in [0.2, 0.25) is 0 Å². The molecule has 4 nitrogen and oxygen atoms in total. The highest BCUT2D eigenvalue weighted by Gasteiger charge is 2.28. The molecule has 2 N–H and O–H groups in total. The molecule has 114 valence electrons. The van der Waals surface area contributed by atoms with Crippen molar-refractivity contribution < 1.29 is 5.11 Å². The van der Waals surface area contributed by atoms with Crippen LogP contribution >= 0.6 is 0 Å². The molecule has 0 aromatic rings. The zero-order chi connectivity index (χ0) is 14.3. The molecule has 1 aliphatic heterocycles. The summed E-state index contributed by atoms with van der Waals surface area (Å²) in [5, 5.41) is 12.6. The zero-order valence-electron chi connectivity index (χ0n) is 13.3. The lowest BCUT2D eigenvalue weighted by Gasteiger charge is -2.37. The molecule has 1 unspecified atom stereocenters. The molecule has 4 heteroatoms. The molecular formula is C15H33N3O. The average molecular weight is 271 g/mol. The van der Waals surface area contributed by atoms with Gasteiger partial charge < -0.3 is 15.3 Å². The second-order valence-corrected chi connectivity index (χ2v) is 6.46. The van der Waals surface area contributed by atoms with Crippen LogP contribution in [-0.2, 0) is 0 Å². The van der Waals surface area contributed by atoms with Gasteiger partial charge >= 0.3 is 0 Å². The van der Waals surface area contributed by atoms with Crippen molar-refractivity contribution in [2.75, 3.05) is 52.4 Å². The molecule has 1 aliphatic rings. The van der Waals surface area contributed by atoms with Gasteiger partial charge in [-0.2, -0.15) is 0 Å². The largest absolute Gasteiger partial charge is 0.395 e. The molecule has 0 aromatic carbocycles. The maximum absolute atomic E-state index is 9.03. The van der Waals surface area contributed by atoms with Gasteiger partial charge in [-0.25, -0.2) is 0 Å². The maximum atomic E-state index is 9.03. The fourth-order valence-corrected chi connectivity index (χ4v) is 2.84. The van der Waals surface area contributed by atoms with Crippen LogP contribution in [0.5, 0.6) is 0 Å². The van der Waals surface area contributed by atoms with E-state index in [4.69, 9.17) is 5.11 Å². The molecule has 1 saturated heterocycles. The van der Waals surface area contributed by atoms with Gasteiger partial charge in [-0.1, -0.05) is 20.8 Å². The maximum Gasteiger partial charge on any atom is 0.0558 e. The molecule has 19 heavy (non-hydrogen) atoms. The summed E-state index contributed by atoms with van der Waals surface area (Å²) in [7, 11) is 0. The van der Waals surface area contributed by atoms with Gasteiger partial charge in [-0.15, -0.1) is 0 Å². The van der Waals surface area contributed by atoms with Gasteiger partial charge in [0.25, 0.3) is 0 Å². The first-order valence-electron chi connectivity index (χ1n) is 7.78. The highest BCUT2D eigenvalue weighted by molar-refractivity contribution is 4.84. The first kappa shape index (κ1) is 16.9. The van der Waals surface area contributed by atoms with Crippen LogP contribution in [0.4, 0.5) is 0 Å². The predicted octanol–water partition coefficient (Wildman–Crippen LogP) is 1.01. The van der Waals surface area contributed by atoms with Crippen LogP contribution in [0.15, 0.2) is 0 Å². The number of nitrogens with one attached hydrogen (secondary N) is 1. The van der Waals surface area contributed by atoms with E-state index in [1.54, 1.807) is 0 Å². The van der Waals surface area contributed by atoms with E-state index in [2.05, 4.69) is 42.8 Å². The number of hydrogen-bond acceptors (Lipinski definition) is 4. The van der Waals surface area contributed by atoms with Gasteiger partial charge in [0.15, 0.2) is 0 Å². The van der Waals surface area contributed by atoms with Gasteiger partial charge in [0, 0.05) is 32.2 Å². The minimum Gasteiger partial charge on any atom is -0.395 e. The van der Waals surface area contributed by atoms with E-state index >= 15 is 0 Å². The molecule has 1 fully saturated rings. The van der Waals surface area contributed by atoms with Crippen molar-refractivity contribution in [2.45, 2.75) is 40.2 Å². The summed E-state index contributed by atoms with van der Waals surface area (Å²) in [6.45, 7) is 17.0. The summed E-state index contributed by atoms with van der Waals surface area (Å²) in [5.74, 6) is 0. The van der Waals surface area contributed by atoms with Crippen LogP contribution in [0.25, 0.3) is 0 Å². The molecule has 0 bridgehead atoms. The Morgan fingerprint density at radius 2 is 1.79 bits per heavy atom. The molecule has 1 heterocycles. The van der Waals surface area contributed by atoms with Crippen LogP contribution in [0.1, 0.15) is 34.1 Å². The zero-order valence-corrected chi connectivity index (χ0v) is 13.3. The monoisotopic (exact) mass is 271 g/mol. The lowest BCUT2D eigenvalue weighted by atomic mass is 9.84. The minimum atomic E-state index is 0.281. The third kappa shape index (κ3) is 5.78. The Kier molecular flexibility index (Phi) is 7.29. The topological polar surface area (TPSA) is 38.7 Å². The highest BCUT2D eigenvalue weighted by Crippen LogP contribution is 2.22. The summed E-state index contributed by atoms with van der Waals surface area (Å²) in [5.41, 5.74) is 0.294. The van der Waals surface area contributed by atoms with E-state index in [-0.39, 0.29) is 6.61 Å². The van der Waals surface area contributed by atoms with Crippen LogP contribution in [0.2, 0.25) is 0 Å². The van der Waals surface area contributed by atoms with E-state index in [0.29, 0.717) is 11.5 Å². The standard InChI is InChI=1S/C15H33N3O/c1-5-16-14(2)15(3,4)13-18-8-6-7-17(9-10-18)11-12-19/h14,16,19H,5-13H2,1-4H3. The van der Waals surface area contributed by atoms with Crippen molar-refractivity contribution in [3.8, 4) is 0 Å². The summed E-state index contributed by atoms with van der Waals surface area (Å²) < 4.78 is 0. The van der Waals surface area contributed by atoms with Crippen molar-refractivity contribution >= 4 is 0 Å². The predicted molar refractivity (Wildman–Crippen MR) is 81.5 cm³/mol. The van der Waals surface area contributed by atoms with Crippen molar-refractivity contribution in [3.63, 3.8) is 0 Å². The van der Waals surface area contributed by atoms with E-state index in [1.165, 1.54) is 13.0 Å². The van der Waals surface area contributed by atoms with Crippen LogP contribution < -0.4 is 5.32 Å². The van der Waals surface area contributed by atoms with Crippen molar-refractivity contribution in [2.24, 2.45) is 5.41 Å². The fourth-order valence-electron chi connectivity index (χ4n) is 2.84. The van der Waals surface area contributed by atoms with E-state index in [9.17, 15) is 0 Å². The van der Waals surface area contributed by atoms with Crippen molar-refractivity contribution in [1.82, 2.24) is 15.1 Å². The first-order chi connectivity index (χ1) is 8.99. The quantitative estimate of drug-likeness (QED) is 0.725. The summed E-state index contributed by atoms with van der Waals surface area (Å²) >= 11 is 0. The lowest BCUT2D eigenvalue weighted by molar-refractivity contribution is 0.143. The Bertz CT molecular complexity index is 246. The Hall–Kier alpha value is -0.160. The van der Waals surface area contributed by atoms with Crippen LogP contribution in [0, 0.1) is 5.41 Å². The Morgan fingerprint density at radius 3 is 2.42 bits per heavy atom. The Balaban J connectivity index is 2.43. The number of nitrogens with zero attached hydrogens (tertiary/aromatic N) is 2. The third-order valence-electron chi connectivity index (χ3n) is 4.41. The number of β-amino-alcohol motifs (C(OH)–C–C–N with tert-alkyl or cyclic N) is 1. The van der Waals surface area contributed by atoms with Gasteiger partial charge in [-0.3, -0.25) is 4.90 Å². The molecule has 0 amide bonds. The molecule has 1 atom stereocenters. The summed E-state index contributed by atoms with van der Waals surface area (Å²) in [4.78, 5) is 4.96. The molecule has 0 radical (unpaired) electrons. The molecule has 0 aliphatic carbocycles. The average Bonchev–Trinajstić information content (AvgIpc) is 2.55. The smallest absolute Gasteiger partial charge is 0.0558 e. The second-order valence-electron chi connectivity index (χ2n) is 6.46. The molecule has 1 rings (SSSR count). The molecule has 0 spiro atoms. The SMILES string of the molecule is CCNC(C)C(C)(C)CN1CCCN(CCO)CC1. The normalized spacial score (nSPS) is 21.3. The molecular weight excluding hydrogens is 238 g/mol. The second kappa shape index (κ2) is 8.20.